The fourth-order valence-corrected chi connectivity index (χ4v) is 6.69. The first-order valence-corrected chi connectivity index (χ1v) is 16.8. The van der Waals surface area contributed by atoms with Crippen molar-refractivity contribution in [2.45, 2.75) is 0 Å². The Labute approximate surface area is 291 Å². The van der Waals surface area contributed by atoms with Gasteiger partial charge in [-0.05, 0) is 62.9 Å². The van der Waals surface area contributed by atoms with E-state index in [0.29, 0.717) is 5.82 Å². The van der Waals surface area contributed by atoms with Gasteiger partial charge in [0.25, 0.3) is 0 Å². The maximum atomic E-state index is 5.00. The number of hydrogen-bond acceptors (Lipinski definition) is 3. The minimum Gasteiger partial charge on any atom is -0.256 e. The van der Waals surface area contributed by atoms with Gasteiger partial charge < -0.3 is 0 Å². The van der Waals surface area contributed by atoms with E-state index in [9.17, 15) is 0 Å². The van der Waals surface area contributed by atoms with Crippen LogP contribution in [-0.4, -0.2) is 15.0 Å². The van der Waals surface area contributed by atoms with Crippen LogP contribution in [0.1, 0.15) is 0 Å². The Hall–Kier alpha value is -6.71. The summed E-state index contributed by atoms with van der Waals surface area (Å²) in [6.45, 7) is 0. The maximum absolute atomic E-state index is 5.00. The van der Waals surface area contributed by atoms with Crippen LogP contribution in [0.2, 0.25) is 0 Å². The van der Waals surface area contributed by atoms with E-state index in [-0.39, 0.29) is 0 Å². The second kappa shape index (κ2) is 12.7. The molecule has 2 heterocycles. The van der Waals surface area contributed by atoms with Gasteiger partial charge in [-0.1, -0.05) is 158 Å². The van der Waals surface area contributed by atoms with E-state index < -0.39 is 0 Å². The molecule has 0 aliphatic rings. The summed E-state index contributed by atoms with van der Waals surface area (Å²) in [5, 5.41) is 3.59. The highest BCUT2D eigenvalue weighted by Crippen LogP contribution is 2.34. The van der Waals surface area contributed by atoms with Crippen LogP contribution in [0.5, 0.6) is 0 Å². The number of aromatic nitrogens is 3. The van der Waals surface area contributed by atoms with Gasteiger partial charge in [-0.2, -0.15) is 0 Å². The van der Waals surface area contributed by atoms with Crippen LogP contribution in [0, 0.1) is 0 Å². The Kier molecular flexibility index (Phi) is 7.49. The molecule has 0 spiro atoms. The van der Waals surface area contributed by atoms with E-state index in [4.69, 9.17) is 9.97 Å². The summed E-state index contributed by atoms with van der Waals surface area (Å²) in [6, 6.07) is 63.8. The van der Waals surface area contributed by atoms with Gasteiger partial charge in [0.05, 0.1) is 16.9 Å². The highest BCUT2D eigenvalue weighted by atomic mass is 14.9. The van der Waals surface area contributed by atoms with Crippen LogP contribution in [0.4, 0.5) is 0 Å². The van der Waals surface area contributed by atoms with Crippen LogP contribution in [0.3, 0.4) is 0 Å². The standard InChI is InChI=1S/C47H31N3/c1-3-10-35(11-4-1)45-30-46(36-12-5-2-6-13-36)50-47(49-45)37-24-20-32(21-25-37)38-26-27-43-39(28-38)15-9-16-42(43)34-22-18-33(19-23-34)41-29-40-14-7-8-17-44(40)48-31-41/h1-31H. The van der Waals surface area contributed by atoms with Crippen molar-refractivity contribution < 1.29 is 0 Å². The second-order valence-corrected chi connectivity index (χ2v) is 12.5. The van der Waals surface area contributed by atoms with Crippen molar-refractivity contribution in [3.63, 3.8) is 0 Å². The van der Waals surface area contributed by atoms with E-state index in [1.54, 1.807) is 0 Å². The molecule has 3 nitrogen and oxygen atoms in total. The number of nitrogens with zero attached hydrogens (tertiary/aromatic N) is 3. The third-order valence-corrected chi connectivity index (χ3v) is 9.34. The van der Waals surface area contributed by atoms with Crippen LogP contribution in [-0.2, 0) is 0 Å². The van der Waals surface area contributed by atoms with Gasteiger partial charge >= 0.3 is 0 Å². The Bertz CT molecular complexity index is 2550. The number of para-hydroxylation sites is 1. The summed E-state index contributed by atoms with van der Waals surface area (Å²) in [5.74, 6) is 0.711. The number of hydrogen-bond donors (Lipinski definition) is 0. The minimum atomic E-state index is 0.711. The molecule has 0 unspecified atom stereocenters. The molecule has 0 radical (unpaired) electrons. The average molecular weight is 638 g/mol. The summed E-state index contributed by atoms with van der Waals surface area (Å²) in [4.78, 5) is 14.7. The van der Waals surface area contributed by atoms with Crippen molar-refractivity contribution in [1.29, 1.82) is 0 Å². The molecule has 0 fully saturated rings. The molecule has 9 aromatic rings. The van der Waals surface area contributed by atoms with E-state index in [1.807, 2.05) is 54.7 Å². The number of rotatable bonds is 6. The highest BCUT2D eigenvalue weighted by Gasteiger charge is 2.12. The zero-order valence-electron chi connectivity index (χ0n) is 27.2. The van der Waals surface area contributed by atoms with Crippen molar-refractivity contribution in [2.75, 3.05) is 0 Å². The van der Waals surface area contributed by atoms with Gasteiger partial charge in [0.15, 0.2) is 5.82 Å². The maximum Gasteiger partial charge on any atom is 0.160 e. The van der Waals surface area contributed by atoms with Crippen LogP contribution in [0.15, 0.2) is 188 Å². The monoisotopic (exact) mass is 637 g/mol. The lowest BCUT2D eigenvalue weighted by molar-refractivity contribution is 1.18. The summed E-state index contributed by atoms with van der Waals surface area (Å²) in [5.41, 5.74) is 13.0. The molecule has 7 aromatic carbocycles. The molecule has 0 aliphatic heterocycles. The fraction of sp³-hybridized carbons (Fsp3) is 0. The highest BCUT2D eigenvalue weighted by molar-refractivity contribution is 5.99. The zero-order chi connectivity index (χ0) is 33.3. The lowest BCUT2D eigenvalue weighted by Crippen LogP contribution is -1.95. The first kappa shape index (κ1) is 29.4. The molecule has 2 aromatic heterocycles. The van der Waals surface area contributed by atoms with Gasteiger partial charge in [-0.15, -0.1) is 0 Å². The Morgan fingerprint density at radius 2 is 0.860 bits per heavy atom. The topological polar surface area (TPSA) is 38.7 Å². The Morgan fingerprint density at radius 3 is 1.56 bits per heavy atom. The van der Waals surface area contributed by atoms with Gasteiger partial charge in [0.1, 0.15) is 0 Å². The summed E-state index contributed by atoms with van der Waals surface area (Å²) >= 11 is 0. The van der Waals surface area contributed by atoms with Crippen molar-refractivity contribution in [2.24, 2.45) is 0 Å². The molecule has 0 aliphatic carbocycles. The predicted octanol–water partition coefficient (Wildman–Crippen LogP) is 12.2. The molecule has 0 atom stereocenters. The molecule has 234 valence electrons. The van der Waals surface area contributed by atoms with Crippen molar-refractivity contribution in [3.8, 4) is 67.3 Å². The SMILES string of the molecule is c1ccc(-c2cc(-c3ccccc3)nc(-c3ccc(-c4ccc5c(-c6ccc(-c7cnc8ccccc8c7)cc6)cccc5c4)cc3)n2)cc1. The van der Waals surface area contributed by atoms with Crippen molar-refractivity contribution in [1.82, 2.24) is 15.0 Å². The van der Waals surface area contributed by atoms with Gasteiger partial charge in [0, 0.05) is 33.8 Å². The molecule has 50 heavy (non-hydrogen) atoms. The fourth-order valence-electron chi connectivity index (χ4n) is 6.69. The molecule has 0 N–H and O–H groups in total. The lowest BCUT2D eigenvalue weighted by atomic mass is 9.94. The van der Waals surface area contributed by atoms with E-state index >= 15 is 0 Å². The number of benzene rings is 7. The van der Waals surface area contributed by atoms with Crippen molar-refractivity contribution >= 4 is 21.7 Å². The summed E-state index contributed by atoms with van der Waals surface area (Å²) in [6.07, 6.45) is 1.96. The first-order valence-electron chi connectivity index (χ1n) is 16.8. The van der Waals surface area contributed by atoms with Crippen LogP contribution >= 0.6 is 0 Å². The lowest BCUT2D eigenvalue weighted by Gasteiger charge is -2.11. The molecule has 0 saturated carbocycles. The van der Waals surface area contributed by atoms with Crippen LogP contribution < -0.4 is 0 Å². The average Bonchev–Trinajstić information content (AvgIpc) is 3.21. The summed E-state index contributed by atoms with van der Waals surface area (Å²) in [7, 11) is 0. The van der Waals surface area contributed by atoms with Crippen LogP contribution in [0.25, 0.3) is 89.0 Å². The second-order valence-electron chi connectivity index (χ2n) is 12.5. The van der Waals surface area contributed by atoms with Crippen molar-refractivity contribution in [3.05, 3.63) is 188 Å². The first-order chi connectivity index (χ1) is 24.7. The Balaban J connectivity index is 1.01. The van der Waals surface area contributed by atoms with Gasteiger partial charge in [-0.25, -0.2) is 9.97 Å². The number of pyridine rings is 1. The molecular weight excluding hydrogens is 607 g/mol. The van der Waals surface area contributed by atoms with E-state index in [0.717, 1.165) is 55.7 Å². The molecular formula is C47H31N3. The third-order valence-electron chi connectivity index (χ3n) is 9.34. The van der Waals surface area contributed by atoms with E-state index in [1.165, 1.54) is 27.5 Å². The van der Waals surface area contributed by atoms with E-state index in [2.05, 4.69) is 138 Å². The quantitative estimate of drug-likeness (QED) is 0.182. The predicted molar refractivity (Wildman–Crippen MR) is 207 cm³/mol. The minimum absolute atomic E-state index is 0.711. The molecule has 0 saturated heterocycles. The molecule has 0 bridgehead atoms. The van der Waals surface area contributed by atoms with Gasteiger partial charge in [0.2, 0.25) is 0 Å². The molecule has 0 amide bonds. The van der Waals surface area contributed by atoms with Gasteiger partial charge in [-0.3, -0.25) is 4.98 Å². The summed E-state index contributed by atoms with van der Waals surface area (Å²) < 4.78 is 0. The zero-order valence-corrected chi connectivity index (χ0v) is 27.2. The smallest absolute Gasteiger partial charge is 0.160 e. The third kappa shape index (κ3) is 5.72. The molecule has 9 rings (SSSR count). The number of fused-ring (bicyclic) bond motifs is 2. The Morgan fingerprint density at radius 1 is 0.320 bits per heavy atom. The largest absolute Gasteiger partial charge is 0.256 e. The molecule has 3 heteroatoms. The normalized spacial score (nSPS) is 11.2.